The number of hydrogen-bond acceptors (Lipinski definition) is 7. The predicted octanol–water partition coefficient (Wildman–Crippen LogP) is 4.51. The van der Waals surface area contributed by atoms with Crippen LogP contribution in [-0.4, -0.2) is 23.0 Å². The standard InChI is InChI=1S/C18H15N3O3S2/c1-10-11(19-17(24-10)14-7-4-8-25-14)9-15(22)20-18-21-16-12(23-2)5-3-6-13(16)26-18/h3-8H,9H2,1-2H3,(H,20,21,22). The molecule has 4 aromatic rings. The molecule has 1 aromatic carbocycles. The number of amides is 1. The van der Waals surface area contributed by atoms with E-state index in [1.54, 1.807) is 18.4 Å². The first-order valence-corrected chi connectivity index (χ1v) is 9.57. The van der Waals surface area contributed by atoms with Crippen LogP contribution in [0, 0.1) is 6.92 Å². The van der Waals surface area contributed by atoms with Crippen LogP contribution < -0.4 is 10.1 Å². The lowest BCUT2D eigenvalue weighted by Gasteiger charge is -1.99. The number of rotatable bonds is 5. The van der Waals surface area contributed by atoms with Crippen LogP contribution in [-0.2, 0) is 11.2 Å². The van der Waals surface area contributed by atoms with Crippen LogP contribution in [0.3, 0.4) is 0 Å². The van der Waals surface area contributed by atoms with Gasteiger partial charge in [-0.05, 0) is 30.5 Å². The quantitative estimate of drug-likeness (QED) is 0.547. The topological polar surface area (TPSA) is 77.2 Å². The molecule has 0 saturated heterocycles. The van der Waals surface area contributed by atoms with Crippen molar-refractivity contribution in [2.45, 2.75) is 13.3 Å². The maximum atomic E-state index is 12.4. The average molecular weight is 385 g/mol. The number of thiophene rings is 1. The molecule has 0 bridgehead atoms. The van der Waals surface area contributed by atoms with Gasteiger partial charge in [0, 0.05) is 0 Å². The fourth-order valence-corrected chi connectivity index (χ4v) is 4.10. The SMILES string of the molecule is COc1cccc2sc(NC(=O)Cc3nc(-c4cccs4)oc3C)nc12. The van der Waals surface area contributed by atoms with Crippen molar-refractivity contribution < 1.29 is 13.9 Å². The molecule has 1 N–H and O–H groups in total. The number of thiazole rings is 1. The Kier molecular flexibility index (Phi) is 4.44. The van der Waals surface area contributed by atoms with E-state index >= 15 is 0 Å². The fraction of sp³-hybridized carbons (Fsp3) is 0.167. The van der Waals surface area contributed by atoms with Gasteiger partial charge in [0.05, 0.1) is 28.8 Å². The van der Waals surface area contributed by atoms with Crippen molar-refractivity contribution in [1.82, 2.24) is 9.97 Å². The van der Waals surface area contributed by atoms with Crippen molar-refractivity contribution in [1.29, 1.82) is 0 Å². The zero-order valence-corrected chi connectivity index (χ0v) is 15.7. The highest BCUT2D eigenvalue weighted by Crippen LogP contribution is 2.32. The molecule has 3 aromatic heterocycles. The van der Waals surface area contributed by atoms with E-state index in [2.05, 4.69) is 15.3 Å². The summed E-state index contributed by atoms with van der Waals surface area (Å²) in [5.41, 5.74) is 1.37. The lowest BCUT2D eigenvalue weighted by molar-refractivity contribution is -0.115. The normalized spacial score (nSPS) is 11.0. The van der Waals surface area contributed by atoms with Crippen LogP contribution in [0.2, 0.25) is 0 Å². The minimum atomic E-state index is -0.183. The minimum Gasteiger partial charge on any atom is -0.494 e. The summed E-state index contributed by atoms with van der Waals surface area (Å²) in [6, 6.07) is 9.57. The van der Waals surface area contributed by atoms with Crippen molar-refractivity contribution >= 4 is 43.9 Å². The van der Waals surface area contributed by atoms with Crippen molar-refractivity contribution in [3.63, 3.8) is 0 Å². The summed E-state index contributed by atoms with van der Waals surface area (Å²) in [5.74, 6) is 1.70. The van der Waals surface area contributed by atoms with Gasteiger partial charge < -0.3 is 14.5 Å². The molecule has 26 heavy (non-hydrogen) atoms. The molecule has 0 spiro atoms. The van der Waals surface area contributed by atoms with Gasteiger partial charge in [0.2, 0.25) is 11.8 Å². The molecule has 0 atom stereocenters. The fourth-order valence-electron chi connectivity index (χ4n) is 2.55. The Hall–Kier alpha value is -2.71. The van der Waals surface area contributed by atoms with Crippen molar-refractivity contribution in [3.8, 4) is 16.5 Å². The first-order valence-electron chi connectivity index (χ1n) is 7.87. The van der Waals surface area contributed by atoms with E-state index in [-0.39, 0.29) is 12.3 Å². The first-order chi connectivity index (χ1) is 12.6. The molecule has 6 nitrogen and oxygen atoms in total. The second kappa shape index (κ2) is 6.89. The van der Waals surface area contributed by atoms with Gasteiger partial charge in [-0.15, -0.1) is 11.3 Å². The number of ether oxygens (including phenoxy) is 1. The zero-order chi connectivity index (χ0) is 18.1. The number of methoxy groups -OCH3 is 1. The van der Waals surface area contributed by atoms with E-state index in [0.717, 1.165) is 15.1 Å². The number of nitrogens with one attached hydrogen (secondary N) is 1. The third-order valence-corrected chi connectivity index (χ3v) is 5.59. The molecule has 4 rings (SSSR count). The van der Waals surface area contributed by atoms with Gasteiger partial charge >= 0.3 is 0 Å². The number of aryl methyl sites for hydroxylation is 1. The molecule has 0 aliphatic heterocycles. The van der Waals surface area contributed by atoms with Crippen molar-refractivity contribution in [3.05, 3.63) is 47.2 Å². The van der Waals surface area contributed by atoms with Crippen LogP contribution in [0.5, 0.6) is 5.75 Å². The Morgan fingerprint density at radius 1 is 1.27 bits per heavy atom. The molecule has 0 aliphatic rings. The Morgan fingerprint density at radius 3 is 2.92 bits per heavy atom. The molecule has 8 heteroatoms. The predicted molar refractivity (Wildman–Crippen MR) is 103 cm³/mol. The van der Waals surface area contributed by atoms with E-state index in [1.165, 1.54) is 11.3 Å². The second-order valence-electron chi connectivity index (χ2n) is 5.55. The van der Waals surface area contributed by atoms with Gasteiger partial charge in [-0.1, -0.05) is 23.5 Å². The minimum absolute atomic E-state index is 0.133. The Labute approximate surface area is 157 Å². The number of oxazole rings is 1. The van der Waals surface area contributed by atoms with Gasteiger partial charge in [-0.3, -0.25) is 4.79 Å². The number of anilines is 1. The van der Waals surface area contributed by atoms with Crippen molar-refractivity contribution in [2.24, 2.45) is 0 Å². The van der Waals surface area contributed by atoms with Crippen LogP contribution in [0.15, 0.2) is 40.1 Å². The molecule has 3 heterocycles. The number of carbonyl (C=O) groups excluding carboxylic acids is 1. The molecule has 0 aliphatic carbocycles. The number of carbonyl (C=O) groups is 1. The monoisotopic (exact) mass is 385 g/mol. The van der Waals surface area contributed by atoms with E-state index in [9.17, 15) is 4.79 Å². The third kappa shape index (κ3) is 3.21. The Balaban J connectivity index is 1.51. The zero-order valence-electron chi connectivity index (χ0n) is 14.1. The van der Waals surface area contributed by atoms with Gasteiger partial charge in [0.15, 0.2) is 5.13 Å². The smallest absolute Gasteiger partial charge is 0.236 e. The van der Waals surface area contributed by atoms with Crippen LogP contribution in [0.1, 0.15) is 11.5 Å². The largest absolute Gasteiger partial charge is 0.494 e. The molecule has 0 radical (unpaired) electrons. The molecular formula is C18H15N3O3S2. The molecule has 0 fully saturated rings. The summed E-state index contributed by atoms with van der Waals surface area (Å²) in [5, 5.41) is 5.33. The van der Waals surface area contributed by atoms with Gasteiger partial charge in [0.1, 0.15) is 17.0 Å². The lowest BCUT2D eigenvalue weighted by Crippen LogP contribution is -2.14. The van der Waals surface area contributed by atoms with E-state index in [4.69, 9.17) is 9.15 Å². The third-order valence-electron chi connectivity index (χ3n) is 3.80. The number of hydrogen-bond donors (Lipinski definition) is 1. The van der Waals surface area contributed by atoms with E-state index in [0.29, 0.717) is 28.2 Å². The number of nitrogens with zero attached hydrogens (tertiary/aromatic N) is 2. The molecule has 0 saturated carbocycles. The number of aromatic nitrogens is 2. The number of fused-ring (bicyclic) bond motifs is 1. The average Bonchev–Trinajstić information content (AvgIpc) is 3.34. The maximum absolute atomic E-state index is 12.4. The molecule has 132 valence electrons. The summed E-state index contributed by atoms with van der Waals surface area (Å²) in [6.07, 6.45) is 0.133. The maximum Gasteiger partial charge on any atom is 0.236 e. The Morgan fingerprint density at radius 2 is 2.15 bits per heavy atom. The summed E-state index contributed by atoms with van der Waals surface area (Å²) < 4.78 is 11.9. The highest BCUT2D eigenvalue weighted by Gasteiger charge is 2.17. The summed E-state index contributed by atoms with van der Waals surface area (Å²) >= 11 is 2.96. The van der Waals surface area contributed by atoms with Gasteiger partial charge in [0.25, 0.3) is 0 Å². The number of benzene rings is 1. The molecule has 0 unspecified atom stereocenters. The van der Waals surface area contributed by atoms with E-state index in [1.807, 2.05) is 42.6 Å². The van der Waals surface area contributed by atoms with E-state index < -0.39 is 0 Å². The number of para-hydroxylation sites is 1. The summed E-state index contributed by atoms with van der Waals surface area (Å²) in [4.78, 5) is 22.3. The van der Waals surface area contributed by atoms with Crippen LogP contribution in [0.25, 0.3) is 21.0 Å². The van der Waals surface area contributed by atoms with Gasteiger partial charge in [-0.2, -0.15) is 0 Å². The highest BCUT2D eigenvalue weighted by atomic mass is 32.1. The first kappa shape index (κ1) is 16.7. The summed E-state index contributed by atoms with van der Waals surface area (Å²) in [7, 11) is 1.60. The second-order valence-corrected chi connectivity index (χ2v) is 7.53. The molecule has 1 amide bonds. The van der Waals surface area contributed by atoms with Crippen LogP contribution >= 0.6 is 22.7 Å². The Bertz CT molecular complexity index is 1070. The lowest BCUT2D eigenvalue weighted by atomic mass is 10.2. The highest BCUT2D eigenvalue weighted by molar-refractivity contribution is 7.22. The van der Waals surface area contributed by atoms with Crippen LogP contribution in [0.4, 0.5) is 5.13 Å². The molecular weight excluding hydrogens is 370 g/mol. The van der Waals surface area contributed by atoms with Gasteiger partial charge in [-0.25, -0.2) is 9.97 Å². The van der Waals surface area contributed by atoms with Crippen molar-refractivity contribution in [2.75, 3.05) is 12.4 Å². The summed E-state index contributed by atoms with van der Waals surface area (Å²) in [6.45, 7) is 1.81.